The van der Waals surface area contributed by atoms with Crippen LogP contribution >= 0.6 is 0 Å². The van der Waals surface area contributed by atoms with E-state index in [1.54, 1.807) is 12.1 Å². The van der Waals surface area contributed by atoms with Crippen molar-refractivity contribution in [1.29, 1.82) is 0 Å². The molecule has 0 bridgehead atoms. The Kier molecular flexibility index (Phi) is 3.97. The molecule has 1 aliphatic heterocycles. The molecule has 0 aliphatic carbocycles. The molecule has 1 unspecified atom stereocenters. The fourth-order valence-electron chi connectivity index (χ4n) is 2.95. The highest BCUT2D eigenvalue weighted by molar-refractivity contribution is 7.91. The maximum Gasteiger partial charge on any atom is 0.256 e. The highest BCUT2D eigenvalue weighted by atomic mass is 32.2. The molecule has 7 nitrogen and oxygen atoms in total. The number of nitrogens with one attached hydrogen (secondary N) is 2. The molecule has 1 aliphatic rings. The van der Waals surface area contributed by atoms with Crippen LogP contribution in [-0.4, -0.2) is 48.1 Å². The number of aromatic amines is 1. The summed E-state index contributed by atoms with van der Waals surface area (Å²) in [4.78, 5) is 27.7. The zero-order valence-electron chi connectivity index (χ0n) is 13.1. The highest BCUT2D eigenvalue weighted by Crippen LogP contribution is 2.22. The molecule has 1 fully saturated rings. The van der Waals surface area contributed by atoms with Crippen LogP contribution in [-0.2, 0) is 9.84 Å². The minimum absolute atomic E-state index is 0.0717. The van der Waals surface area contributed by atoms with Gasteiger partial charge in [0, 0.05) is 18.1 Å². The number of pyridine rings is 1. The van der Waals surface area contributed by atoms with Gasteiger partial charge in [0.1, 0.15) is 5.56 Å². The van der Waals surface area contributed by atoms with E-state index in [1.807, 2.05) is 13.0 Å². The van der Waals surface area contributed by atoms with E-state index in [0.29, 0.717) is 10.9 Å². The Labute approximate surface area is 138 Å². The van der Waals surface area contributed by atoms with Crippen LogP contribution in [0.4, 0.5) is 0 Å². The second-order valence-corrected chi connectivity index (χ2v) is 8.46. The van der Waals surface area contributed by atoms with E-state index < -0.39 is 26.8 Å². The third-order valence-electron chi connectivity index (χ3n) is 4.31. The van der Waals surface area contributed by atoms with Crippen LogP contribution < -0.4 is 10.7 Å². The first-order chi connectivity index (χ1) is 11.2. The molecular formula is C16H18N2O5S. The lowest BCUT2D eigenvalue weighted by Crippen LogP contribution is -2.44. The second kappa shape index (κ2) is 5.71. The number of aromatic nitrogens is 1. The van der Waals surface area contributed by atoms with Crippen molar-refractivity contribution < 1.29 is 18.3 Å². The van der Waals surface area contributed by atoms with Crippen LogP contribution in [0.2, 0.25) is 0 Å². The monoisotopic (exact) mass is 350 g/mol. The topological polar surface area (TPSA) is 116 Å². The van der Waals surface area contributed by atoms with Gasteiger partial charge in [-0.15, -0.1) is 0 Å². The number of carbonyl (C=O) groups is 1. The van der Waals surface area contributed by atoms with Gasteiger partial charge in [-0.25, -0.2) is 8.42 Å². The van der Waals surface area contributed by atoms with Gasteiger partial charge in [-0.05, 0) is 25.0 Å². The van der Waals surface area contributed by atoms with Crippen molar-refractivity contribution in [3.63, 3.8) is 0 Å². The van der Waals surface area contributed by atoms with E-state index in [1.165, 1.54) is 6.20 Å². The first-order valence-corrected chi connectivity index (χ1v) is 9.35. The minimum atomic E-state index is -3.28. The molecule has 8 heteroatoms. The number of hydrogen-bond acceptors (Lipinski definition) is 5. The maximum atomic E-state index is 12.5. The van der Waals surface area contributed by atoms with E-state index in [2.05, 4.69) is 10.3 Å². The number of H-pyrrole nitrogens is 1. The Bertz CT molecular complexity index is 980. The van der Waals surface area contributed by atoms with Crippen LogP contribution in [0.5, 0.6) is 0 Å². The Morgan fingerprint density at radius 1 is 1.42 bits per heavy atom. The maximum absolute atomic E-state index is 12.5. The molecular weight excluding hydrogens is 332 g/mol. The summed E-state index contributed by atoms with van der Waals surface area (Å²) >= 11 is 0. The Morgan fingerprint density at radius 3 is 2.83 bits per heavy atom. The number of sulfone groups is 1. The van der Waals surface area contributed by atoms with Crippen molar-refractivity contribution >= 4 is 26.6 Å². The average molecular weight is 350 g/mol. The average Bonchev–Trinajstić information content (AvgIpc) is 2.80. The van der Waals surface area contributed by atoms with Gasteiger partial charge in [0.25, 0.3) is 5.91 Å². The van der Waals surface area contributed by atoms with E-state index in [4.69, 9.17) is 0 Å². The molecule has 0 spiro atoms. The number of fused-ring (bicyclic) bond motifs is 1. The number of aryl methyl sites for hydroxylation is 1. The van der Waals surface area contributed by atoms with Crippen molar-refractivity contribution in [2.45, 2.75) is 18.9 Å². The van der Waals surface area contributed by atoms with Gasteiger partial charge >= 0.3 is 0 Å². The van der Waals surface area contributed by atoms with Gasteiger partial charge in [-0.2, -0.15) is 0 Å². The number of carbonyl (C=O) groups excluding carboxylic acids is 1. The van der Waals surface area contributed by atoms with Gasteiger partial charge in [0.05, 0.1) is 22.6 Å². The number of amides is 1. The van der Waals surface area contributed by atoms with Gasteiger partial charge in [0.2, 0.25) is 5.43 Å². The first kappa shape index (κ1) is 16.7. The van der Waals surface area contributed by atoms with Crippen molar-refractivity contribution in [2.75, 3.05) is 18.1 Å². The van der Waals surface area contributed by atoms with Gasteiger partial charge < -0.3 is 15.4 Å². The Balaban J connectivity index is 1.83. The van der Waals surface area contributed by atoms with Crippen LogP contribution in [0.15, 0.2) is 29.2 Å². The molecule has 24 heavy (non-hydrogen) atoms. The molecule has 128 valence electrons. The van der Waals surface area contributed by atoms with Crippen LogP contribution in [0.25, 0.3) is 10.9 Å². The predicted octanol–water partition coefficient (Wildman–Crippen LogP) is 0.116. The van der Waals surface area contributed by atoms with Gasteiger partial charge in [-0.3, -0.25) is 9.59 Å². The lowest BCUT2D eigenvalue weighted by Gasteiger charge is -2.20. The number of benzene rings is 1. The number of para-hydroxylation sites is 1. The molecule has 1 saturated heterocycles. The van der Waals surface area contributed by atoms with E-state index in [0.717, 1.165) is 5.56 Å². The molecule has 1 aromatic heterocycles. The van der Waals surface area contributed by atoms with Gasteiger partial charge in [-0.1, -0.05) is 12.1 Å². The second-order valence-electron chi connectivity index (χ2n) is 6.28. The van der Waals surface area contributed by atoms with Crippen LogP contribution in [0, 0.1) is 6.92 Å². The van der Waals surface area contributed by atoms with Crippen molar-refractivity contribution in [1.82, 2.24) is 10.3 Å². The summed E-state index contributed by atoms with van der Waals surface area (Å²) < 4.78 is 22.9. The molecule has 0 radical (unpaired) electrons. The quantitative estimate of drug-likeness (QED) is 0.727. The molecule has 3 N–H and O–H groups in total. The molecule has 1 amide bonds. The predicted molar refractivity (Wildman–Crippen MR) is 89.9 cm³/mol. The van der Waals surface area contributed by atoms with Crippen LogP contribution in [0.1, 0.15) is 22.3 Å². The summed E-state index contributed by atoms with van der Waals surface area (Å²) in [6.45, 7) is 1.64. The fraction of sp³-hybridized carbons (Fsp3) is 0.375. The third-order valence-corrected chi connectivity index (χ3v) is 6.12. The van der Waals surface area contributed by atoms with E-state index >= 15 is 0 Å². The summed E-state index contributed by atoms with van der Waals surface area (Å²) in [7, 11) is -3.28. The lowest BCUT2D eigenvalue weighted by molar-refractivity contribution is 0.0608. The Hall–Kier alpha value is -2.19. The minimum Gasteiger partial charge on any atom is -0.387 e. The van der Waals surface area contributed by atoms with E-state index in [-0.39, 0.29) is 30.0 Å². The third kappa shape index (κ3) is 3.07. The number of rotatable bonds is 3. The number of aliphatic hydroxyl groups is 1. The van der Waals surface area contributed by atoms with Gasteiger partial charge in [0.15, 0.2) is 9.84 Å². The summed E-state index contributed by atoms with van der Waals surface area (Å²) in [6, 6.07) is 5.23. The summed E-state index contributed by atoms with van der Waals surface area (Å²) in [5.41, 5.74) is -0.399. The summed E-state index contributed by atoms with van der Waals surface area (Å²) in [5.74, 6) is -1.12. The van der Waals surface area contributed by atoms with Crippen molar-refractivity contribution in [3.8, 4) is 0 Å². The largest absolute Gasteiger partial charge is 0.387 e. The molecule has 2 aromatic rings. The van der Waals surface area contributed by atoms with Crippen molar-refractivity contribution in [2.24, 2.45) is 0 Å². The zero-order chi connectivity index (χ0) is 17.5. The normalized spacial score (nSPS) is 22.6. The fourth-order valence-corrected chi connectivity index (χ4v) is 4.85. The number of hydrogen-bond donors (Lipinski definition) is 3. The molecule has 3 rings (SSSR count). The molecule has 1 aromatic carbocycles. The summed E-state index contributed by atoms with van der Waals surface area (Å²) in [6.07, 6.45) is 1.41. The molecule has 2 heterocycles. The van der Waals surface area contributed by atoms with E-state index in [9.17, 15) is 23.1 Å². The SMILES string of the molecule is Cc1cccc2c(=O)c(C(=O)NCC3(O)CCS(=O)(=O)C3)c[nH]c12. The summed E-state index contributed by atoms with van der Waals surface area (Å²) in [5, 5.41) is 13.1. The standard InChI is InChI=1S/C16H18N2O5S/c1-10-3-2-4-11-13(10)17-7-12(14(11)19)15(20)18-8-16(21)5-6-24(22,23)9-16/h2-4,7,21H,5-6,8-9H2,1H3,(H,17,19)(H,18,20). The molecule has 0 saturated carbocycles. The highest BCUT2D eigenvalue weighted by Gasteiger charge is 2.40. The Morgan fingerprint density at radius 2 is 2.17 bits per heavy atom. The van der Waals surface area contributed by atoms with Crippen molar-refractivity contribution in [3.05, 3.63) is 45.7 Å². The smallest absolute Gasteiger partial charge is 0.256 e. The van der Waals surface area contributed by atoms with Crippen LogP contribution in [0.3, 0.4) is 0 Å². The lowest BCUT2D eigenvalue weighted by atomic mass is 10.0. The molecule has 1 atom stereocenters. The first-order valence-electron chi connectivity index (χ1n) is 7.53. The zero-order valence-corrected chi connectivity index (χ0v) is 13.9.